The van der Waals surface area contributed by atoms with E-state index >= 15 is 0 Å². The average Bonchev–Trinajstić information content (AvgIpc) is 3.14. The molecule has 0 spiro atoms. The van der Waals surface area contributed by atoms with Crippen LogP contribution in [0, 0.1) is 10.1 Å². The van der Waals surface area contributed by atoms with Gasteiger partial charge in [0.2, 0.25) is 5.91 Å². The van der Waals surface area contributed by atoms with E-state index in [1.165, 1.54) is 12.3 Å². The minimum Gasteiger partial charge on any atom is -0.353 e. The second-order valence-electron chi connectivity index (χ2n) is 5.99. The van der Waals surface area contributed by atoms with Crippen LogP contribution < -0.4 is 4.90 Å². The van der Waals surface area contributed by atoms with Crippen LogP contribution in [0.3, 0.4) is 0 Å². The maximum Gasteiger partial charge on any atom is 0.287 e. The summed E-state index contributed by atoms with van der Waals surface area (Å²) in [6.07, 6.45) is 4.15. The van der Waals surface area contributed by atoms with Crippen LogP contribution in [0.25, 0.3) is 0 Å². The van der Waals surface area contributed by atoms with Gasteiger partial charge < -0.3 is 14.4 Å². The first-order valence-corrected chi connectivity index (χ1v) is 8.32. The Hall–Kier alpha value is -3.23. The number of piperazine rings is 1. The van der Waals surface area contributed by atoms with Crippen molar-refractivity contribution in [3.63, 3.8) is 0 Å². The number of aldehydes is 1. The molecule has 9 heteroatoms. The van der Waals surface area contributed by atoms with Gasteiger partial charge in [-0.3, -0.25) is 19.7 Å². The van der Waals surface area contributed by atoms with Crippen LogP contribution in [-0.4, -0.2) is 57.7 Å². The molecule has 2 aromatic heterocycles. The highest BCUT2D eigenvalue weighted by atomic mass is 16.6. The standard InChI is InChI=1S/C17H19N5O4/c23-13-15-2-1-6-19(15)7-5-17(24)21-10-8-20(9-11-21)16-4-3-14(12-18-16)22(25)26/h1-4,6,12-13H,5,7-11H2. The first kappa shape index (κ1) is 17.6. The minimum atomic E-state index is -0.478. The number of nitrogens with zero attached hydrogens (tertiary/aromatic N) is 5. The molecule has 136 valence electrons. The number of aryl methyl sites for hydroxylation is 1. The number of hydrogen-bond donors (Lipinski definition) is 0. The molecule has 1 fully saturated rings. The predicted octanol–water partition coefficient (Wildman–Crippen LogP) is 1.34. The normalized spacial score (nSPS) is 14.3. The van der Waals surface area contributed by atoms with Crippen molar-refractivity contribution in [2.45, 2.75) is 13.0 Å². The van der Waals surface area contributed by atoms with Gasteiger partial charge in [-0.05, 0) is 18.2 Å². The Balaban J connectivity index is 1.50. The Morgan fingerprint density at radius 2 is 2.00 bits per heavy atom. The molecule has 0 unspecified atom stereocenters. The molecule has 3 rings (SSSR count). The highest BCUT2D eigenvalue weighted by Crippen LogP contribution is 2.17. The van der Waals surface area contributed by atoms with Gasteiger partial charge >= 0.3 is 0 Å². The zero-order valence-electron chi connectivity index (χ0n) is 14.2. The fourth-order valence-corrected chi connectivity index (χ4v) is 2.97. The molecule has 1 amide bonds. The molecule has 0 radical (unpaired) electrons. The number of amides is 1. The van der Waals surface area contributed by atoms with E-state index in [1.54, 1.807) is 33.9 Å². The van der Waals surface area contributed by atoms with Gasteiger partial charge in [0.25, 0.3) is 5.69 Å². The number of rotatable bonds is 6. The van der Waals surface area contributed by atoms with Gasteiger partial charge in [0.05, 0.1) is 10.6 Å². The van der Waals surface area contributed by atoms with Crippen LogP contribution in [-0.2, 0) is 11.3 Å². The number of carbonyl (C=O) groups is 2. The molecule has 1 aliphatic rings. The van der Waals surface area contributed by atoms with Gasteiger partial charge in [0, 0.05) is 51.4 Å². The monoisotopic (exact) mass is 357 g/mol. The Morgan fingerprint density at radius 3 is 2.62 bits per heavy atom. The molecule has 3 heterocycles. The number of carbonyl (C=O) groups excluding carboxylic acids is 2. The minimum absolute atomic E-state index is 0.0396. The molecular weight excluding hydrogens is 338 g/mol. The first-order chi connectivity index (χ1) is 12.6. The Bertz CT molecular complexity index is 794. The summed E-state index contributed by atoms with van der Waals surface area (Å²) in [5.41, 5.74) is 0.522. The van der Waals surface area contributed by atoms with Gasteiger partial charge in [0.15, 0.2) is 6.29 Å². The fourth-order valence-electron chi connectivity index (χ4n) is 2.97. The molecule has 0 N–H and O–H groups in total. The van der Waals surface area contributed by atoms with Crippen LogP contribution >= 0.6 is 0 Å². The van der Waals surface area contributed by atoms with Crippen LogP contribution in [0.4, 0.5) is 11.5 Å². The van der Waals surface area contributed by atoms with E-state index < -0.39 is 4.92 Å². The quantitative estimate of drug-likeness (QED) is 0.439. The lowest BCUT2D eigenvalue weighted by atomic mass is 10.2. The molecule has 9 nitrogen and oxygen atoms in total. The summed E-state index contributed by atoms with van der Waals surface area (Å²) in [5, 5.41) is 10.7. The lowest BCUT2D eigenvalue weighted by Gasteiger charge is -2.35. The van der Waals surface area contributed by atoms with Gasteiger partial charge in [-0.1, -0.05) is 0 Å². The van der Waals surface area contributed by atoms with Crippen molar-refractivity contribution in [2.75, 3.05) is 31.1 Å². The predicted molar refractivity (Wildman–Crippen MR) is 94.1 cm³/mol. The lowest BCUT2D eigenvalue weighted by Crippen LogP contribution is -2.49. The van der Waals surface area contributed by atoms with E-state index in [2.05, 4.69) is 4.98 Å². The second kappa shape index (κ2) is 7.77. The Morgan fingerprint density at radius 1 is 1.23 bits per heavy atom. The summed E-state index contributed by atoms with van der Waals surface area (Å²) in [6.45, 7) is 2.87. The number of nitro groups is 1. The topological polar surface area (TPSA) is 102 Å². The van der Waals surface area contributed by atoms with Gasteiger partial charge in [-0.2, -0.15) is 0 Å². The SMILES string of the molecule is O=Cc1cccn1CCC(=O)N1CCN(c2ccc([N+](=O)[O-])cn2)CC1. The van der Waals surface area contributed by atoms with E-state index in [0.29, 0.717) is 50.7 Å². The third-order valence-electron chi connectivity index (χ3n) is 4.45. The van der Waals surface area contributed by atoms with Gasteiger partial charge in [-0.15, -0.1) is 0 Å². The first-order valence-electron chi connectivity index (χ1n) is 8.32. The van der Waals surface area contributed by atoms with Crippen molar-refractivity contribution in [3.8, 4) is 0 Å². The zero-order valence-corrected chi connectivity index (χ0v) is 14.2. The van der Waals surface area contributed by atoms with Crippen molar-refractivity contribution in [3.05, 3.63) is 52.5 Å². The van der Waals surface area contributed by atoms with E-state index in [4.69, 9.17) is 0 Å². The summed E-state index contributed by atoms with van der Waals surface area (Å²) in [7, 11) is 0. The summed E-state index contributed by atoms with van der Waals surface area (Å²) in [6, 6.07) is 6.56. The molecular formula is C17H19N5O4. The van der Waals surface area contributed by atoms with Crippen molar-refractivity contribution in [2.24, 2.45) is 0 Å². The second-order valence-corrected chi connectivity index (χ2v) is 5.99. The maximum atomic E-state index is 12.4. The highest BCUT2D eigenvalue weighted by Gasteiger charge is 2.22. The van der Waals surface area contributed by atoms with Crippen molar-refractivity contribution in [1.29, 1.82) is 0 Å². The number of pyridine rings is 1. The van der Waals surface area contributed by atoms with E-state index in [1.807, 2.05) is 4.90 Å². The van der Waals surface area contributed by atoms with Gasteiger partial charge in [-0.25, -0.2) is 4.98 Å². The summed E-state index contributed by atoms with van der Waals surface area (Å²) in [4.78, 5) is 41.4. The summed E-state index contributed by atoms with van der Waals surface area (Å²) in [5.74, 6) is 0.720. The molecule has 0 aliphatic carbocycles. The zero-order chi connectivity index (χ0) is 18.5. The third-order valence-corrected chi connectivity index (χ3v) is 4.45. The van der Waals surface area contributed by atoms with Crippen LogP contribution in [0.5, 0.6) is 0 Å². The van der Waals surface area contributed by atoms with Crippen LogP contribution in [0.2, 0.25) is 0 Å². The van der Waals surface area contributed by atoms with Crippen molar-refractivity contribution in [1.82, 2.24) is 14.5 Å². The maximum absolute atomic E-state index is 12.4. The number of aromatic nitrogens is 2. The van der Waals surface area contributed by atoms with E-state index in [9.17, 15) is 19.7 Å². The molecule has 1 saturated heterocycles. The van der Waals surface area contributed by atoms with Crippen molar-refractivity contribution < 1.29 is 14.5 Å². The Labute approximate surface area is 150 Å². The largest absolute Gasteiger partial charge is 0.353 e. The smallest absolute Gasteiger partial charge is 0.287 e. The highest BCUT2D eigenvalue weighted by molar-refractivity contribution is 5.77. The average molecular weight is 357 g/mol. The lowest BCUT2D eigenvalue weighted by molar-refractivity contribution is -0.385. The fraction of sp³-hybridized carbons (Fsp3) is 0.353. The molecule has 0 aromatic carbocycles. The molecule has 0 atom stereocenters. The van der Waals surface area contributed by atoms with Crippen molar-refractivity contribution >= 4 is 23.7 Å². The summed E-state index contributed by atoms with van der Waals surface area (Å²) < 4.78 is 1.77. The third kappa shape index (κ3) is 3.88. The molecule has 0 bridgehead atoms. The molecule has 2 aromatic rings. The van der Waals surface area contributed by atoms with E-state index in [0.717, 1.165) is 6.29 Å². The van der Waals surface area contributed by atoms with E-state index in [-0.39, 0.29) is 11.6 Å². The number of hydrogen-bond acceptors (Lipinski definition) is 6. The number of anilines is 1. The molecule has 26 heavy (non-hydrogen) atoms. The molecule has 1 aliphatic heterocycles. The van der Waals surface area contributed by atoms with Crippen LogP contribution in [0.1, 0.15) is 16.9 Å². The van der Waals surface area contributed by atoms with Crippen LogP contribution in [0.15, 0.2) is 36.7 Å². The Kier molecular flexibility index (Phi) is 5.26. The van der Waals surface area contributed by atoms with Gasteiger partial charge in [0.1, 0.15) is 12.0 Å². The summed E-state index contributed by atoms with van der Waals surface area (Å²) >= 11 is 0. The molecule has 0 saturated carbocycles.